The van der Waals surface area contributed by atoms with Crippen molar-refractivity contribution in [2.45, 2.75) is 0 Å². The molecule has 0 atom stereocenters. The van der Waals surface area contributed by atoms with E-state index < -0.39 is 17.9 Å². The summed E-state index contributed by atoms with van der Waals surface area (Å²) in [5.41, 5.74) is 0.460. The highest BCUT2D eigenvalue weighted by molar-refractivity contribution is 6.30. The maximum Gasteiger partial charge on any atom is 0.262 e. The molecule has 0 radical (unpaired) electrons. The molecule has 10 nitrogen and oxygen atoms in total. The molecular weight excluding hydrogens is 530 g/mol. The van der Waals surface area contributed by atoms with Gasteiger partial charge in [0.2, 0.25) is 16.9 Å². The van der Waals surface area contributed by atoms with Crippen molar-refractivity contribution in [2.24, 2.45) is 0 Å². The van der Waals surface area contributed by atoms with E-state index in [0.29, 0.717) is 39.3 Å². The molecule has 0 saturated heterocycles. The van der Waals surface area contributed by atoms with E-state index in [1.165, 1.54) is 35.5 Å². The lowest BCUT2D eigenvalue weighted by Crippen LogP contribution is -2.22. The van der Waals surface area contributed by atoms with Gasteiger partial charge in [0.1, 0.15) is 22.5 Å². The Bertz CT molecular complexity index is 1560. The minimum atomic E-state index is -0.560. The Kier molecular flexibility index (Phi) is 8.36. The van der Waals surface area contributed by atoms with Crippen molar-refractivity contribution < 1.29 is 37.6 Å². The van der Waals surface area contributed by atoms with Crippen LogP contribution in [0.4, 0.5) is 5.69 Å². The second kappa shape index (κ2) is 11.9. The zero-order valence-corrected chi connectivity index (χ0v) is 22.6. The summed E-state index contributed by atoms with van der Waals surface area (Å²) >= 11 is 6.00. The number of hydrogen-bond donors (Lipinski definition) is 1. The summed E-state index contributed by atoms with van der Waals surface area (Å²) in [7, 11) is 7.30. The molecule has 11 heteroatoms. The van der Waals surface area contributed by atoms with Gasteiger partial charge in [-0.2, -0.15) is 0 Å². The van der Waals surface area contributed by atoms with Gasteiger partial charge in [-0.1, -0.05) is 17.7 Å². The predicted molar refractivity (Wildman–Crippen MR) is 146 cm³/mol. The second-order valence-corrected chi connectivity index (χ2v) is 8.49. The third-order valence-electron chi connectivity index (χ3n) is 5.73. The van der Waals surface area contributed by atoms with Gasteiger partial charge in [0.05, 0.1) is 35.5 Å². The number of amides is 1. The van der Waals surface area contributed by atoms with Crippen molar-refractivity contribution in [3.63, 3.8) is 0 Å². The number of methoxy groups -OCH3 is 5. The van der Waals surface area contributed by atoms with Crippen LogP contribution in [-0.4, -0.2) is 48.1 Å². The Hall–Kier alpha value is -4.57. The number of carbonyl (C=O) groups is 1. The number of hydrogen-bond acceptors (Lipinski definition) is 9. The Balaban J connectivity index is 1.87. The van der Waals surface area contributed by atoms with E-state index in [0.717, 1.165) is 0 Å². The average Bonchev–Trinajstić information content (AvgIpc) is 2.94. The number of halogens is 1. The normalized spacial score (nSPS) is 10.6. The molecule has 0 aliphatic heterocycles. The van der Waals surface area contributed by atoms with Crippen molar-refractivity contribution >= 4 is 34.2 Å². The Morgan fingerprint density at radius 2 is 1.54 bits per heavy atom. The van der Waals surface area contributed by atoms with Crippen LogP contribution in [0.5, 0.6) is 34.5 Å². The van der Waals surface area contributed by atoms with E-state index >= 15 is 0 Å². The second-order valence-electron chi connectivity index (χ2n) is 8.05. The molecule has 0 unspecified atom stereocenters. The number of anilines is 1. The summed E-state index contributed by atoms with van der Waals surface area (Å²) in [4.78, 5) is 26.5. The fourth-order valence-electron chi connectivity index (χ4n) is 3.96. The lowest BCUT2D eigenvalue weighted by atomic mass is 10.1. The van der Waals surface area contributed by atoms with E-state index in [-0.39, 0.29) is 28.2 Å². The average molecular weight is 556 g/mol. The molecule has 204 valence electrons. The van der Waals surface area contributed by atoms with Gasteiger partial charge in [0, 0.05) is 28.4 Å². The van der Waals surface area contributed by atoms with Crippen LogP contribution in [0.1, 0.15) is 0 Å². The zero-order valence-electron chi connectivity index (χ0n) is 21.9. The molecular formula is C28H26ClNO9. The largest absolute Gasteiger partial charge is 0.496 e. The van der Waals surface area contributed by atoms with Crippen LogP contribution in [0.2, 0.25) is 5.02 Å². The van der Waals surface area contributed by atoms with Crippen molar-refractivity contribution in [2.75, 3.05) is 47.5 Å². The summed E-state index contributed by atoms with van der Waals surface area (Å²) in [6.45, 7) is -0.501. The molecule has 1 aromatic heterocycles. The standard InChI is InChI=1S/C28H26ClNO9/c1-33-18-12-19(34-2)24-20(13-18)39-26(15-9-21(35-3)27(37-5)22(10-15)36-4)28(25(24)32)38-14-23(31)30-17-8-6-7-16(29)11-17/h6-13H,14H2,1-5H3,(H,30,31). The number of nitrogens with one attached hydrogen (secondary N) is 1. The first-order chi connectivity index (χ1) is 18.8. The van der Waals surface area contributed by atoms with Gasteiger partial charge in [0.15, 0.2) is 23.9 Å². The summed E-state index contributed by atoms with van der Waals surface area (Å²) in [5.74, 6) is 0.896. The monoisotopic (exact) mass is 555 g/mol. The first-order valence-corrected chi connectivity index (χ1v) is 11.9. The highest BCUT2D eigenvalue weighted by Crippen LogP contribution is 2.44. The quantitative estimate of drug-likeness (QED) is 0.283. The SMILES string of the molecule is COc1cc(OC)c2c(=O)c(OCC(=O)Nc3cccc(Cl)c3)c(-c3cc(OC)c(OC)c(OC)c3)oc2c1. The summed E-state index contributed by atoms with van der Waals surface area (Å²) in [6.07, 6.45) is 0. The molecule has 0 fully saturated rings. The topological polar surface area (TPSA) is 115 Å². The van der Waals surface area contributed by atoms with Crippen LogP contribution < -0.4 is 39.2 Å². The highest BCUT2D eigenvalue weighted by Gasteiger charge is 2.25. The Labute approximate surface area is 228 Å². The van der Waals surface area contributed by atoms with Gasteiger partial charge in [-0.05, 0) is 30.3 Å². The van der Waals surface area contributed by atoms with Crippen LogP contribution in [0.15, 0.2) is 57.7 Å². The van der Waals surface area contributed by atoms with Crippen molar-refractivity contribution in [1.82, 2.24) is 0 Å². The minimum absolute atomic E-state index is 0.0256. The van der Waals surface area contributed by atoms with E-state index in [9.17, 15) is 9.59 Å². The van der Waals surface area contributed by atoms with Gasteiger partial charge in [-0.3, -0.25) is 9.59 Å². The lowest BCUT2D eigenvalue weighted by molar-refractivity contribution is -0.118. The van der Waals surface area contributed by atoms with Crippen LogP contribution in [-0.2, 0) is 4.79 Å². The predicted octanol–water partition coefficient (Wildman–Crippen LogP) is 5.17. The number of rotatable bonds is 10. The van der Waals surface area contributed by atoms with Gasteiger partial charge >= 0.3 is 0 Å². The van der Waals surface area contributed by atoms with Crippen LogP contribution in [0, 0.1) is 0 Å². The van der Waals surface area contributed by atoms with E-state index in [2.05, 4.69) is 5.32 Å². The number of benzene rings is 3. The van der Waals surface area contributed by atoms with E-state index in [4.69, 9.17) is 44.4 Å². The maximum atomic E-state index is 13.8. The van der Waals surface area contributed by atoms with Gasteiger partial charge in [0.25, 0.3) is 5.91 Å². The van der Waals surface area contributed by atoms with Crippen molar-refractivity contribution in [3.8, 4) is 45.8 Å². The number of carbonyl (C=O) groups excluding carboxylic acids is 1. The molecule has 0 spiro atoms. The first kappa shape index (κ1) is 27.5. The molecule has 0 bridgehead atoms. The zero-order chi connectivity index (χ0) is 28.1. The first-order valence-electron chi connectivity index (χ1n) is 11.5. The molecule has 1 heterocycles. The summed E-state index contributed by atoms with van der Waals surface area (Å²) < 4.78 is 39.1. The maximum absolute atomic E-state index is 13.8. The lowest BCUT2D eigenvalue weighted by Gasteiger charge is -2.17. The Morgan fingerprint density at radius 3 is 2.13 bits per heavy atom. The molecule has 3 aromatic carbocycles. The summed E-state index contributed by atoms with van der Waals surface area (Å²) in [6, 6.07) is 12.9. The molecule has 39 heavy (non-hydrogen) atoms. The Morgan fingerprint density at radius 1 is 0.846 bits per heavy atom. The molecule has 4 aromatic rings. The number of fused-ring (bicyclic) bond motifs is 1. The minimum Gasteiger partial charge on any atom is -0.496 e. The molecule has 0 aliphatic rings. The van der Waals surface area contributed by atoms with Gasteiger partial charge in [-0.15, -0.1) is 0 Å². The molecule has 4 rings (SSSR count). The third-order valence-corrected chi connectivity index (χ3v) is 5.96. The molecule has 1 amide bonds. The molecule has 0 aliphatic carbocycles. The molecule has 0 saturated carbocycles. The third kappa shape index (κ3) is 5.65. The van der Waals surface area contributed by atoms with Crippen molar-refractivity contribution in [3.05, 3.63) is 63.8 Å². The fourth-order valence-corrected chi connectivity index (χ4v) is 4.15. The highest BCUT2D eigenvalue weighted by atomic mass is 35.5. The van der Waals surface area contributed by atoms with Crippen LogP contribution in [0.3, 0.4) is 0 Å². The van der Waals surface area contributed by atoms with E-state index in [1.807, 2.05) is 0 Å². The fraction of sp³-hybridized carbons (Fsp3) is 0.214. The van der Waals surface area contributed by atoms with Crippen LogP contribution in [0.25, 0.3) is 22.3 Å². The van der Waals surface area contributed by atoms with E-state index in [1.54, 1.807) is 48.5 Å². The smallest absolute Gasteiger partial charge is 0.262 e. The van der Waals surface area contributed by atoms with Crippen LogP contribution >= 0.6 is 11.6 Å². The van der Waals surface area contributed by atoms with Gasteiger partial charge in [-0.25, -0.2) is 0 Å². The van der Waals surface area contributed by atoms with Gasteiger partial charge < -0.3 is 38.2 Å². The molecule has 1 N–H and O–H groups in total. The van der Waals surface area contributed by atoms with Crippen molar-refractivity contribution in [1.29, 1.82) is 0 Å². The number of ether oxygens (including phenoxy) is 6. The summed E-state index contributed by atoms with van der Waals surface area (Å²) in [5, 5.41) is 3.24.